The molecule has 0 radical (unpaired) electrons. The number of fused-ring (bicyclic) bond motifs is 1. The maximum atomic E-state index is 12.3. The molecular weight excluding hydrogens is 332 g/mol. The van der Waals surface area contributed by atoms with Gasteiger partial charge in [-0.05, 0) is 38.8 Å². The monoisotopic (exact) mass is 354 g/mol. The molecule has 2 fully saturated rings. The Bertz CT molecular complexity index is 975. The number of hydrogen-bond donors (Lipinski definition) is 2. The lowest BCUT2D eigenvalue weighted by atomic mass is 9.94. The van der Waals surface area contributed by atoms with Gasteiger partial charge in [-0.15, -0.1) is 0 Å². The lowest BCUT2D eigenvalue weighted by Crippen LogP contribution is -2.28. The molecule has 3 aromatic heterocycles. The van der Waals surface area contributed by atoms with E-state index in [1.807, 2.05) is 4.52 Å². The first-order valence-corrected chi connectivity index (χ1v) is 9.45. The van der Waals surface area contributed by atoms with Gasteiger partial charge in [-0.25, -0.2) is 4.52 Å². The number of nitrogens with zero attached hydrogens (tertiary/aromatic N) is 4. The SMILES string of the molecule is O=c1cc(C2CCNCC2)n2ncc(-c3noc(C4CCCC4)n3)c2[nH]1. The highest BCUT2D eigenvalue weighted by molar-refractivity contribution is 5.71. The molecule has 1 saturated heterocycles. The molecule has 2 N–H and O–H groups in total. The van der Waals surface area contributed by atoms with Crippen molar-refractivity contribution in [3.8, 4) is 11.4 Å². The van der Waals surface area contributed by atoms with Crippen molar-refractivity contribution in [3.63, 3.8) is 0 Å². The number of aromatic amines is 1. The van der Waals surface area contributed by atoms with Crippen LogP contribution in [0.1, 0.15) is 61.9 Å². The highest BCUT2D eigenvalue weighted by Gasteiger charge is 2.25. The molecule has 2 aliphatic rings. The molecule has 1 saturated carbocycles. The summed E-state index contributed by atoms with van der Waals surface area (Å²) in [7, 11) is 0. The van der Waals surface area contributed by atoms with Gasteiger partial charge in [0, 0.05) is 17.9 Å². The summed E-state index contributed by atoms with van der Waals surface area (Å²) in [5, 5.41) is 12.0. The molecule has 8 nitrogen and oxygen atoms in total. The zero-order valence-electron chi connectivity index (χ0n) is 14.6. The van der Waals surface area contributed by atoms with Gasteiger partial charge < -0.3 is 14.8 Å². The average molecular weight is 354 g/mol. The summed E-state index contributed by atoms with van der Waals surface area (Å²) >= 11 is 0. The second-order valence-electron chi connectivity index (χ2n) is 7.34. The van der Waals surface area contributed by atoms with Gasteiger partial charge >= 0.3 is 0 Å². The smallest absolute Gasteiger partial charge is 0.251 e. The van der Waals surface area contributed by atoms with Crippen LogP contribution < -0.4 is 10.9 Å². The normalized spacial score (nSPS) is 19.5. The van der Waals surface area contributed by atoms with Crippen LogP contribution in [-0.4, -0.2) is 37.8 Å². The zero-order chi connectivity index (χ0) is 17.5. The van der Waals surface area contributed by atoms with E-state index in [9.17, 15) is 4.79 Å². The summed E-state index contributed by atoms with van der Waals surface area (Å²) in [6.45, 7) is 1.92. The Balaban J connectivity index is 1.57. The number of piperidine rings is 1. The second kappa shape index (κ2) is 6.35. The quantitative estimate of drug-likeness (QED) is 0.748. The summed E-state index contributed by atoms with van der Waals surface area (Å²) in [5.41, 5.74) is 2.19. The topological polar surface area (TPSA) is 101 Å². The molecular formula is C18H22N6O2. The fourth-order valence-electron chi connectivity index (χ4n) is 4.27. The Kier molecular flexibility index (Phi) is 3.85. The summed E-state index contributed by atoms with van der Waals surface area (Å²) in [6.07, 6.45) is 8.36. The molecule has 136 valence electrons. The highest BCUT2D eigenvalue weighted by Crippen LogP contribution is 2.34. The van der Waals surface area contributed by atoms with Gasteiger partial charge in [-0.1, -0.05) is 18.0 Å². The molecule has 0 amide bonds. The van der Waals surface area contributed by atoms with E-state index in [4.69, 9.17) is 4.52 Å². The third kappa shape index (κ3) is 2.65. The Morgan fingerprint density at radius 2 is 1.92 bits per heavy atom. The summed E-state index contributed by atoms with van der Waals surface area (Å²) in [4.78, 5) is 19.8. The molecule has 0 aromatic carbocycles. The summed E-state index contributed by atoms with van der Waals surface area (Å²) < 4.78 is 7.33. The van der Waals surface area contributed by atoms with E-state index in [1.165, 1.54) is 12.8 Å². The third-order valence-corrected chi connectivity index (χ3v) is 5.68. The van der Waals surface area contributed by atoms with Crippen LogP contribution in [0.3, 0.4) is 0 Å². The summed E-state index contributed by atoms with van der Waals surface area (Å²) in [6, 6.07) is 1.67. The first kappa shape index (κ1) is 15.7. The fourth-order valence-corrected chi connectivity index (χ4v) is 4.27. The number of H-pyrrole nitrogens is 1. The highest BCUT2D eigenvalue weighted by atomic mass is 16.5. The number of aromatic nitrogens is 5. The molecule has 0 atom stereocenters. The molecule has 1 aliphatic heterocycles. The third-order valence-electron chi connectivity index (χ3n) is 5.68. The van der Waals surface area contributed by atoms with Crippen LogP contribution in [0.25, 0.3) is 17.0 Å². The van der Waals surface area contributed by atoms with Gasteiger partial charge in [-0.3, -0.25) is 4.79 Å². The van der Waals surface area contributed by atoms with E-state index >= 15 is 0 Å². The first-order valence-electron chi connectivity index (χ1n) is 9.45. The minimum Gasteiger partial charge on any atom is -0.339 e. The van der Waals surface area contributed by atoms with Crippen LogP contribution in [0.5, 0.6) is 0 Å². The molecule has 0 bridgehead atoms. The predicted octanol–water partition coefficient (Wildman–Crippen LogP) is 2.20. The number of hydrogen-bond acceptors (Lipinski definition) is 6. The lowest BCUT2D eigenvalue weighted by Gasteiger charge is -2.23. The molecule has 1 aliphatic carbocycles. The molecule has 26 heavy (non-hydrogen) atoms. The first-order chi connectivity index (χ1) is 12.8. The van der Waals surface area contributed by atoms with Gasteiger partial charge in [0.2, 0.25) is 11.7 Å². The van der Waals surface area contributed by atoms with Gasteiger partial charge in [0.25, 0.3) is 5.56 Å². The van der Waals surface area contributed by atoms with E-state index in [2.05, 4.69) is 25.5 Å². The minimum absolute atomic E-state index is 0.118. The van der Waals surface area contributed by atoms with Gasteiger partial charge in [0.05, 0.1) is 17.5 Å². The van der Waals surface area contributed by atoms with Crippen molar-refractivity contribution in [2.75, 3.05) is 13.1 Å². The molecule has 3 aromatic rings. The van der Waals surface area contributed by atoms with Gasteiger partial charge in [0.15, 0.2) is 0 Å². The molecule has 5 rings (SSSR count). The van der Waals surface area contributed by atoms with Crippen LogP contribution in [0.4, 0.5) is 0 Å². The number of rotatable bonds is 3. The van der Waals surface area contributed by atoms with Crippen molar-refractivity contribution in [1.29, 1.82) is 0 Å². The van der Waals surface area contributed by atoms with E-state index in [0.717, 1.165) is 44.5 Å². The van der Waals surface area contributed by atoms with Crippen molar-refractivity contribution >= 4 is 5.65 Å². The van der Waals surface area contributed by atoms with E-state index in [0.29, 0.717) is 34.8 Å². The van der Waals surface area contributed by atoms with Crippen molar-refractivity contribution in [2.24, 2.45) is 0 Å². The molecule has 4 heterocycles. The fraction of sp³-hybridized carbons (Fsp3) is 0.556. The maximum Gasteiger partial charge on any atom is 0.251 e. The van der Waals surface area contributed by atoms with E-state index in [-0.39, 0.29) is 5.56 Å². The van der Waals surface area contributed by atoms with Crippen LogP contribution in [0, 0.1) is 0 Å². The average Bonchev–Trinajstić information content (AvgIpc) is 3.41. The van der Waals surface area contributed by atoms with Gasteiger partial charge in [0.1, 0.15) is 5.65 Å². The predicted molar refractivity (Wildman–Crippen MR) is 95.2 cm³/mol. The molecule has 8 heteroatoms. The Morgan fingerprint density at radius 3 is 2.73 bits per heavy atom. The van der Waals surface area contributed by atoms with Crippen LogP contribution >= 0.6 is 0 Å². The summed E-state index contributed by atoms with van der Waals surface area (Å²) in [5.74, 6) is 1.89. The zero-order valence-corrected chi connectivity index (χ0v) is 14.6. The van der Waals surface area contributed by atoms with Crippen molar-refractivity contribution in [1.82, 2.24) is 30.1 Å². The van der Waals surface area contributed by atoms with Gasteiger partial charge in [-0.2, -0.15) is 10.1 Å². The Labute approximate surface area is 150 Å². The van der Waals surface area contributed by atoms with E-state index < -0.39 is 0 Å². The standard InChI is InChI=1S/C18H22N6O2/c25-15-9-14(11-5-7-19-8-6-11)24-17(21-15)13(10-20-24)16-22-18(26-23-16)12-3-1-2-4-12/h9-12,19H,1-8H2,(H,21,25). The largest absolute Gasteiger partial charge is 0.339 e. The molecule has 0 unspecified atom stereocenters. The van der Waals surface area contributed by atoms with Crippen molar-refractivity contribution in [3.05, 3.63) is 34.2 Å². The van der Waals surface area contributed by atoms with Crippen molar-refractivity contribution in [2.45, 2.75) is 50.4 Å². The molecule has 0 spiro atoms. The maximum absolute atomic E-state index is 12.3. The number of nitrogens with one attached hydrogen (secondary N) is 2. The van der Waals surface area contributed by atoms with Crippen molar-refractivity contribution < 1.29 is 4.52 Å². The lowest BCUT2D eigenvalue weighted by molar-refractivity contribution is 0.354. The minimum atomic E-state index is -0.118. The Morgan fingerprint density at radius 1 is 1.12 bits per heavy atom. The van der Waals surface area contributed by atoms with Crippen LogP contribution in [0.15, 0.2) is 21.6 Å². The Hall–Kier alpha value is -2.48. The van der Waals surface area contributed by atoms with E-state index in [1.54, 1.807) is 12.3 Å². The second-order valence-corrected chi connectivity index (χ2v) is 7.34. The van der Waals surface area contributed by atoms with Crippen LogP contribution in [-0.2, 0) is 0 Å². The van der Waals surface area contributed by atoms with Crippen LogP contribution in [0.2, 0.25) is 0 Å².